The van der Waals surface area contributed by atoms with Crippen molar-refractivity contribution in [1.29, 1.82) is 0 Å². The third kappa shape index (κ3) is 8.90. The molecule has 1 aromatic rings. The molecule has 2 N–H and O–H groups in total. The average Bonchev–Trinajstić information content (AvgIpc) is 2.83. The molecule has 0 bridgehead atoms. The van der Waals surface area contributed by atoms with Crippen LogP contribution in [0.4, 0.5) is 4.79 Å². The van der Waals surface area contributed by atoms with Crippen molar-refractivity contribution < 1.29 is 19.1 Å². The summed E-state index contributed by atoms with van der Waals surface area (Å²) in [7, 11) is 0. The second-order valence-electron chi connectivity index (χ2n) is 11.4. The lowest BCUT2D eigenvalue weighted by Gasteiger charge is -2.37. The Morgan fingerprint density at radius 1 is 1.16 bits per heavy atom. The number of benzene rings is 1. The van der Waals surface area contributed by atoms with E-state index < -0.39 is 23.8 Å². The predicted molar refractivity (Wildman–Crippen MR) is 148 cm³/mol. The summed E-state index contributed by atoms with van der Waals surface area (Å²) < 4.78 is 5.46. The molecule has 1 aromatic carbocycles. The van der Waals surface area contributed by atoms with Gasteiger partial charge in [0.25, 0.3) is 0 Å². The van der Waals surface area contributed by atoms with E-state index >= 15 is 0 Å². The van der Waals surface area contributed by atoms with Crippen molar-refractivity contribution in [3.63, 3.8) is 0 Å². The van der Waals surface area contributed by atoms with Crippen LogP contribution in [0.15, 0.2) is 30.9 Å². The zero-order valence-corrected chi connectivity index (χ0v) is 23.9. The van der Waals surface area contributed by atoms with Gasteiger partial charge in [-0.15, -0.1) is 6.58 Å². The fraction of sp³-hybridized carbons (Fsp3) is 0.633. The zero-order valence-electron chi connectivity index (χ0n) is 23.9. The molecule has 3 amide bonds. The maximum absolute atomic E-state index is 14.2. The molecule has 2 rings (SSSR count). The Labute approximate surface area is 223 Å². The number of ether oxygens (including phenoxy) is 1. The van der Waals surface area contributed by atoms with Crippen LogP contribution in [0.2, 0.25) is 0 Å². The van der Waals surface area contributed by atoms with Gasteiger partial charge >= 0.3 is 6.09 Å². The number of carbonyl (C=O) groups is 3. The summed E-state index contributed by atoms with van der Waals surface area (Å²) in [4.78, 5) is 42.3. The molecular weight excluding hydrogens is 466 g/mol. The van der Waals surface area contributed by atoms with Crippen molar-refractivity contribution in [2.24, 2.45) is 5.92 Å². The van der Waals surface area contributed by atoms with Crippen molar-refractivity contribution in [2.45, 2.75) is 111 Å². The molecule has 1 fully saturated rings. The van der Waals surface area contributed by atoms with Gasteiger partial charge in [0.2, 0.25) is 11.8 Å². The van der Waals surface area contributed by atoms with Crippen molar-refractivity contribution in [3.05, 3.63) is 47.5 Å². The Bertz CT molecular complexity index is 947. The van der Waals surface area contributed by atoms with E-state index in [4.69, 9.17) is 4.74 Å². The number of amides is 3. The molecule has 0 saturated heterocycles. The molecule has 0 aromatic heterocycles. The highest BCUT2D eigenvalue weighted by Gasteiger charge is 2.38. The van der Waals surface area contributed by atoms with E-state index in [1.165, 1.54) is 6.42 Å². The SMILES string of the molecule is C=CCN(C(=O)C(NC(=O)OC(C)(C)C)C(C)CC)C(C(=O)NC1CCCCC1)c1cc(C)ccc1C. The monoisotopic (exact) mass is 513 g/mol. The van der Waals surface area contributed by atoms with E-state index in [1.807, 2.05) is 45.9 Å². The largest absolute Gasteiger partial charge is 0.444 e. The topological polar surface area (TPSA) is 87.7 Å². The lowest BCUT2D eigenvalue weighted by Crippen LogP contribution is -2.56. The Kier molecular flexibility index (Phi) is 11.2. The number of nitrogens with zero attached hydrogens (tertiary/aromatic N) is 1. The van der Waals surface area contributed by atoms with Gasteiger partial charge in [0.15, 0.2) is 0 Å². The number of rotatable bonds is 10. The number of hydrogen-bond acceptors (Lipinski definition) is 4. The minimum absolute atomic E-state index is 0.0970. The number of nitrogens with one attached hydrogen (secondary N) is 2. The van der Waals surface area contributed by atoms with Gasteiger partial charge in [-0.25, -0.2) is 4.79 Å². The molecule has 3 unspecified atom stereocenters. The van der Waals surface area contributed by atoms with Gasteiger partial charge in [0.1, 0.15) is 17.7 Å². The van der Waals surface area contributed by atoms with Crippen LogP contribution in [0.3, 0.4) is 0 Å². The first kappa shape index (κ1) is 30.4. The Morgan fingerprint density at radius 3 is 2.38 bits per heavy atom. The van der Waals surface area contributed by atoms with Crippen molar-refractivity contribution in [2.75, 3.05) is 6.54 Å². The lowest BCUT2D eigenvalue weighted by molar-refractivity contribution is -0.143. The lowest BCUT2D eigenvalue weighted by atomic mass is 9.92. The van der Waals surface area contributed by atoms with Crippen molar-refractivity contribution in [3.8, 4) is 0 Å². The van der Waals surface area contributed by atoms with E-state index in [9.17, 15) is 14.4 Å². The number of carbonyl (C=O) groups excluding carboxylic acids is 3. The summed E-state index contributed by atoms with van der Waals surface area (Å²) in [5, 5.41) is 6.03. The van der Waals surface area contributed by atoms with Gasteiger partial charge in [0.05, 0.1) is 0 Å². The van der Waals surface area contributed by atoms with E-state index in [1.54, 1.807) is 31.7 Å². The first-order valence-corrected chi connectivity index (χ1v) is 13.7. The van der Waals surface area contributed by atoms with E-state index in [0.29, 0.717) is 6.42 Å². The highest BCUT2D eigenvalue weighted by atomic mass is 16.6. The quantitative estimate of drug-likeness (QED) is 0.390. The second kappa shape index (κ2) is 13.6. The molecule has 1 aliphatic carbocycles. The summed E-state index contributed by atoms with van der Waals surface area (Å²) in [6, 6.07) is 4.35. The third-order valence-corrected chi connectivity index (χ3v) is 7.00. The molecule has 206 valence electrons. The Morgan fingerprint density at radius 2 is 1.81 bits per heavy atom. The second-order valence-corrected chi connectivity index (χ2v) is 11.4. The maximum Gasteiger partial charge on any atom is 0.408 e. The van der Waals surface area contributed by atoms with Gasteiger partial charge in [-0.3, -0.25) is 9.59 Å². The summed E-state index contributed by atoms with van der Waals surface area (Å²) >= 11 is 0. The van der Waals surface area contributed by atoms with Crippen molar-refractivity contribution in [1.82, 2.24) is 15.5 Å². The van der Waals surface area contributed by atoms with E-state index in [2.05, 4.69) is 17.2 Å². The van der Waals surface area contributed by atoms with Crippen LogP contribution >= 0.6 is 0 Å². The summed E-state index contributed by atoms with van der Waals surface area (Å²) in [6.07, 6.45) is 6.88. The van der Waals surface area contributed by atoms with Gasteiger partial charge < -0.3 is 20.3 Å². The minimum Gasteiger partial charge on any atom is -0.444 e. The van der Waals surface area contributed by atoms with Crippen LogP contribution in [0, 0.1) is 19.8 Å². The third-order valence-electron chi connectivity index (χ3n) is 7.00. The van der Waals surface area contributed by atoms with Crippen molar-refractivity contribution >= 4 is 17.9 Å². The van der Waals surface area contributed by atoms with Gasteiger partial charge in [-0.1, -0.05) is 69.4 Å². The highest BCUT2D eigenvalue weighted by Crippen LogP contribution is 2.29. The van der Waals surface area contributed by atoms with Crippen LogP contribution in [0.5, 0.6) is 0 Å². The average molecular weight is 514 g/mol. The molecule has 3 atom stereocenters. The summed E-state index contributed by atoms with van der Waals surface area (Å²) in [5.74, 6) is -0.700. The normalized spacial score (nSPS) is 16.7. The number of alkyl carbamates (subject to hydrolysis) is 1. The maximum atomic E-state index is 14.2. The summed E-state index contributed by atoms with van der Waals surface area (Å²) in [5.41, 5.74) is 2.02. The molecular formula is C30H47N3O4. The van der Waals surface area contributed by atoms with Crippen LogP contribution < -0.4 is 10.6 Å². The Balaban J connectivity index is 2.50. The van der Waals surface area contributed by atoms with E-state index in [-0.39, 0.29) is 30.3 Å². The molecule has 1 aliphatic rings. The molecule has 1 saturated carbocycles. The van der Waals surface area contributed by atoms with Gasteiger partial charge in [-0.2, -0.15) is 0 Å². The first-order chi connectivity index (χ1) is 17.4. The molecule has 7 nitrogen and oxygen atoms in total. The standard InChI is InChI=1S/C30H47N3O4/c1-9-18-33(28(35)25(21(4)10-2)32-29(36)37-30(6,7)8)26(24-19-20(3)16-17-22(24)5)27(34)31-23-14-12-11-13-15-23/h9,16-17,19,21,23,25-26H,1,10-15,18H2,2-8H3,(H,31,34)(H,32,36). The molecule has 0 radical (unpaired) electrons. The molecule has 7 heteroatoms. The zero-order chi connectivity index (χ0) is 27.8. The summed E-state index contributed by atoms with van der Waals surface area (Å²) in [6.45, 7) is 17.2. The number of hydrogen-bond donors (Lipinski definition) is 2. The van der Waals surface area contributed by atoms with Crippen LogP contribution in [0.1, 0.15) is 95.9 Å². The van der Waals surface area contributed by atoms with Crippen LogP contribution in [-0.2, 0) is 14.3 Å². The minimum atomic E-state index is -0.852. The predicted octanol–water partition coefficient (Wildman–Crippen LogP) is 5.75. The van der Waals surface area contributed by atoms with Crippen LogP contribution in [0.25, 0.3) is 0 Å². The van der Waals surface area contributed by atoms with Gasteiger partial charge in [0, 0.05) is 12.6 Å². The Hall–Kier alpha value is -2.83. The van der Waals surface area contributed by atoms with Crippen LogP contribution in [-0.4, -0.2) is 47.0 Å². The molecule has 0 spiro atoms. The fourth-order valence-electron chi connectivity index (χ4n) is 4.79. The fourth-order valence-corrected chi connectivity index (χ4v) is 4.79. The number of aryl methyl sites for hydroxylation is 2. The molecule has 0 aliphatic heterocycles. The molecule has 0 heterocycles. The smallest absolute Gasteiger partial charge is 0.408 e. The first-order valence-electron chi connectivity index (χ1n) is 13.7. The highest BCUT2D eigenvalue weighted by molar-refractivity contribution is 5.92. The molecule has 37 heavy (non-hydrogen) atoms. The van der Waals surface area contributed by atoms with E-state index in [0.717, 1.165) is 42.4 Å². The van der Waals surface area contributed by atoms with Gasteiger partial charge in [-0.05, 0) is 64.5 Å².